The minimum Gasteiger partial charge on any atom is -0.371 e. The van der Waals surface area contributed by atoms with Crippen molar-refractivity contribution in [2.75, 3.05) is 42.5 Å². The first-order chi connectivity index (χ1) is 24.7. The first-order valence-corrected chi connectivity index (χ1v) is 18.0. The number of amides is 6. The molecule has 3 fully saturated rings. The van der Waals surface area contributed by atoms with Crippen molar-refractivity contribution in [3.63, 3.8) is 0 Å². The average Bonchev–Trinajstić information content (AvgIpc) is 3.68. The first kappa shape index (κ1) is 32.9. The normalized spacial score (nSPS) is 20.1. The van der Waals surface area contributed by atoms with E-state index in [-0.39, 0.29) is 30.0 Å². The third-order valence-corrected chi connectivity index (χ3v) is 11.2. The van der Waals surface area contributed by atoms with Gasteiger partial charge in [0.05, 0.1) is 21.8 Å². The summed E-state index contributed by atoms with van der Waals surface area (Å²) in [5, 5.41) is 3.89. The second-order valence-electron chi connectivity index (χ2n) is 13.8. The Morgan fingerprint density at radius 1 is 0.863 bits per heavy atom. The molecule has 2 aromatic carbocycles. The van der Waals surface area contributed by atoms with Crippen LogP contribution in [0.25, 0.3) is 22.2 Å². The smallest absolute Gasteiger partial charge is 0.324 e. The minimum absolute atomic E-state index is 0.0105. The maximum Gasteiger partial charge on any atom is 0.324 e. The number of urea groups is 1. The molecule has 13 heteroatoms. The molecule has 262 valence electrons. The number of fused-ring (bicyclic) bond motifs is 2. The lowest BCUT2D eigenvalue weighted by molar-refractivity contribution is -0.136. The molecule has 4 aliphatic rings. The zero-order chi connectivity index (χ0) is 35.4. The second kappa shape index (κ2) is 13.1. The van der Waals surface area contributed by atoms with Crippen molar-refractivity contribution in [1.82, 2.24) is 25.1 Å². The Hall–Kier alpha value is -5.23. The van der Waals surface area contributed by atoms with Gasteiger partial charge in [0.15, 0.2) is 0 Å². The number of aromatic nitrogens is 2. The molecule has 4 aromatic rings. The van der Waals surface area contributed by atoms with Crippen LogP contribution in [0.4, 0.5) is 16.2 Å². The van der Waals surface area contributed by atoms with E-state index in [0.717, 1.165) is 82.8 Å². The molecule has 0 aliphatic carbocycles. The fraction of sp³-hybridized carbons (Fsp3) is 0.368. The van der Waals surface area contributed by atoms with Gasteiger partial charge in [-0.2, -0.15) is 0 Å². The zero-order valence-corrected chi connectivity index (χ0v) is 29.0. The van der Waals surface area contributed by atoms with Crippen LogP contribution in [0.2, 0.25) is 5.02 Å². The summed E-state index contributed by atoms with van der Waals surface area (Å²) >= 11 is 6.92. The fourth-order valence-corrected chi connectivity index (χ4v) is 8.37. The minimum atomic E-state index is -0.990. The van der Waals surface area contributed by atoms with Gasteiger partial charge < -0.3 is 14.8 Å². The Morgan fingerprint density at radius 3 is 2.43 bits per heavy atom. The number of benzene rings is 2. The zero-order valence-electron chi connectivity index (χ0n) is 28.3. The van der Waals surface area contributed by atoms with Crippen molar-refractivity contribution in [1.29, 1.82) is 0 Å². The van der Waals surface area contributed by atoms with E-state index in [1.54, 1.807) is 18.3 Å². The number of hydrogen-bond donors (Lipinski definition) is 2. The topological polar surface area (TPSA) is 139 Å². The highest BCUT2D eigenvalue weighted by molar-refractivity contribution is 6.38. The molecule has 51 heavy (non-hydrogen) atoms. The van der Waals surface area contributed by atoms with Crippen LogP contribution in [-0.4, -0.2) is 88.2 Å². The molecule has 0 spiro atoms. The molecule has 0 radical (unpaired) electrons. The number of anilines is 2. The molecule has 6 heterocycles. The molecule has 2 aromatic heterocycles. The van der Waals surface area contributed by atoms with Gasteiger partial charge in [-0.1, -0.05) is 18.5 Å². The van der Waals surface area contributed by atoms with Gasteiger partial charge in [0, 0.05) is 79.4 Å². The molecular formula is C38H38ClN7O5. The Labute approximate surface area is 299 Å². The number of rotatable bonds is 7. The van der Waals surface area contributed by atoms with Crippen LogP contribution in [0.15, 0.2) is 54.9 Å². The van der Waals surface area contributed by atoms with Crippen molar-refractivity contribution in [3.8, 4) is 11.3 Å². The highest BCUT2D eigenvalue weighted by Crippen LogP contribution is 2.37. The molecule has 1 atom stereocenters. The summed E-state index contributed by atoms with van der Waals surface area (Å²) in [5.74, 6) is -1.72. The van der Waals surface area contributed by atoms with Crippen LogP contribution in [0, 0.1) is 5.92 Å². The van der Waals surface area contributed by atoms with Crippen LogP contribution in [0.3, 0.4) is 0 Å². The predicted octanol–water partition coefficient (Wildman–Crippen LogP) is 5.40. The van der Waals surface area contributed by atoms with Crippen LogP contribution in [0.5, 0.6) is 0 Å². The maximum atomic E-state index is 13.9. The molecule has 4 aliphatic heterocycles. The SMILES string of the molecule is CCc1c[nH]c2ccc(-c3cc(N4CCCN(CC5CCN(c6ccc7c(c6)C(=O)N(C6CCC(=O)NC6=O)C7=O)CC5)C4=O)ccn3)c(Cl)c12. The number of carbonyl (C=O) groups excluding carboxylic acids is 5. The van der Waals surface area contributed by atoms with Crippen LogP contribution in [-0.2, 0) is 16.0 Å². The largest absolute Gasteiger partial charge is 0.371 e. The third-order valence-electron chi connectivity index (χ3n) is 10.8. The highest BCUT2D eigenvalue weighted by atomic mass is 35.5. The van der Waals surface area contributed by atoms with E-state index in [0.29, 0.717) is 30.6 Å². The molecule has 8 rings (SSSR count). The van der Waals surface area contributed by atoms with Gasteiger partial charge >= 0.3 is 6.03 Å². The molecule has 0 saturated carbocycles. The number of halogens is 1. The summed E-state index contributed by atoms with van der Waals surface area (Å²) in [6.07, 6.45) is 7.39. The summed E-state index contributed by atoms with van der Waals surface area (Å²) in [6, 6.07) is 12.1. The number of aryl methyl sites for hydroxylation is 1. The number of hydrogen-bond acceptors (Lipinski definition) is 7. The van der Waals surface area contributed by atoms with Gasteiger partial charge in [-0.25, -0.2) is 4.79 Å². The summed E-state index contributed by atoms with van der Waals surface area (Å²) in [6.45, 7) is 5.58. The van der Waals surface area contributed by atoms with Gasteiger partial charge in [-0.15, -0.1) is 0 Å². The van der Waals surface area contributed by atoms with Gasteiger partial charge in [0.2, 0.25) is 11.8 Å². The monoisotopic (exact) mass is 707 g/mol. The van der Waals surface area contributed by atoms with E-state index in [2.05, 4.69) is 27.1 Å². The molecule has 3 saturated heterocycles. The van der Waals surface area contributed by atoms with E-state index < -0.39 is 29.7 Å². The Bertz CT molecular complexity index is 2110. The molecule has 0 bridgehead atoms. The summed E-state index contributed by atoms with van der Waals surface area (Å²) < 4.78 is 0. The van der Waals surface area contributed by atoms with E-state index >= 15 is 0 Å². The van der Waals surface area contributed by atoms with Crippen molar-refractivity contribution in [3.05, 3.63) is 76.6 Å². The molecule has 12 nitrogen and oxygen atoms in total. The number of imide groups is 2. The highest BCUT2D eigenvalue weighted by Gasteiger charge is 2.45. The van der Waals surface area contributed by atoms with E-state index in [9.17, 15) is 24.0 Å². The molecule has 2 N–H and O–H groups in total. The lowest BCUT2D eigenvalue weighted by atomic mass is 9.95. The lowest BCUT2D eigenvalue weighted by Gasteiger charge is -2.40. The fourth-order valence-electron chi connectivity index (χ4n) is 7.99. The number of piperidine rings is 2. The summed E-state index contributed by atoms with van der Waals surface area (Å²) in [5.41, 5.74) is 5.88. The van der Waals surface area contributed by atoms with Gasteiger partial charge in [-0.05, 0) is 86.1 Å². The van der Waals surface area contributed by atoms with Gasteiger partial charge in [0.1, 0.15) is 6.04 Å². The van der Waals surface area contributed by atoms with Crippen LogP contribution in [0.1, 0.15) is 65.3 Å². The van der Waals surface area contributed by atoms with E-state index in [1.807, 2.05) is 46.3 Å². The molecule has 6 amide bonds. The predicted molar refractivity (Wildman–Crippen MR) is 193 cm³/mol. The number of aromatic amines is 1. The van der Waals surface area contributed by atoms with Crippen molar-refractivity contribution < 1.29 is 24.0 Å². The van der Waals surface area contributed by atoms with Crippen molar-refractivity contribution >= 4 is 63.5 Å². The number of H-pyrrole nitrogens is 1. The van der Waals surface area contributed by atoms with Gasteiger partial charge in [-0.3, -0.25) is 39.3 Å². The average molecular weight is 708 g/mol. The number of nitrogens with one attached hydrogen (secondary N) is 2. The van der Waals surface area contributed by atoms with Crippen LogP contribution >= 0.6 is 11.6 Å². The van der Waals surface area contributed by atoms with Crippen LogP contribution < -0.4 is 15.1 Å². The summed E-state index contributed by atoms with van der Waals surface area (Å²) in [7, 11) is 0. The molecular weight excluding hydrogens is 670 g/mol. The Morgan fingerprint density at radius 2 is 1.65 bits per heavy atom. The standard InChI is InChI=1S/C38H38ClN7O5/c1-2-23-20-41-29-7-6-27(34(39)33(23)29)30-19-25(10-13-40-30)45-15-3-14-44(38(45)51)21-22-11-16-43(17-12-22)24-4-5-26-28(18-24)37(50)46(36(26)49)31-8-9-32(47)42-35(31)48/h4-7,10,13,18-20,22,31,41H,2-3,8-9,11-12,14-17,21H2,1H3,(H,42,47,48). The summed E-state index contributed by atoms with van der Waals surface area (Å²) in [4.78, 5) is 79.3. The first-order valence-electron chi connectivity index (χ1n) is 17.6. The van der Waals surface area contributed by atoms with Crippen molar-refractivity contribution in [2.45, 2.75) is 51.5 Å². The number of nitrogens with zero attached hydrogens (tertiary/aromatic N) is 5. The molecule has 1 unspecified atom stereocenters. The van der Waals surface area contributed by atoms with Gasteiger partial charge in [0.25, 0.3) is 11.8 Å². The number of carbonyl (C=O) groups is 5. The Balaban J connectivity index is 0.913. The quantitative estimate of drug-likeness (QED) is 0.246. The van der Waals surface area contributed by atoms with E-state index in [1.165, 1.54) is 0 Å². The van der Waals surface area contributed by atoms with Crippen molar-refractivity contribution in [2.24, 2.45) is 5.92 Å². The maximum absolute atomic E-state index is 13.9. The van der Waals surface area contributed by atoms with E-state index in [4.69, 9.17) is 11.6 Å². The third kappa shape index (κ3) is 5.81. The Kier molecular flexibility index (Phi) is 8.49. The lowest BCUT2D eigenvalue weighted by Crippen LogP contribution is -2.54. The second-order valence-corrected chi connectivity index (χ2v) is 14.1. The number of pyridine rings is 1.